The van der Waals surface area contributed by atoms with E-state index in [4.69, 9.17) is 5.73 Å². The highest BCUT2D eigenvalue weighted by Gasteiger charge is 2.26. The van der Waals surface area contributed by atoms with Crippen LogP contribution in [-0.2, 0) is 12.8 Å². The molecule has 3 nitrogen and oxygen atoms in total. The summed E-state index contributed by atoms with van der Waals surface area (Å²) in [5.74, 6) is 0. The minimum atomic E-state index is -0.279. The third-order valence-electron chi connectivity index (χ3n) is 6.80. The average molecular weight is 452 g/mol. The number of nitrogens with two attached hydrogens (primary N) is 1. The van der Waals surface area contributed by atoms with Gasteiger partial charge in [-0.15, -0.1) is 0 Å². The second-order valence-electron chi connectivity index (χ2n) is 10.1. The van der Waals surface area contributed by atoms with E-state index < -0.39 is 0 Å². The molecule has 0 aliphatic carbocycles. The molecule has 0 aliphatic rings. The zero-order valence-electron chi connectivity index (χ0n) is 21.3. The standard InChI is InChI=1S/C30H49N3/c1-2-3-4-5-6-7-8-9-10-11-12-13-14-15-18-23-30(31,26-28-21-16-19-24-32-28)27-29-22-17-20-25-33-29/h16-17,19-22,24-25H,2-15,18,23,26-27,31H2,1H3. The lowest BCUT2D eigenvalue weighted by Crippen LogP contribution is -2.44. The van der Waals surface area contributed by atoms with E-state index in [2.05, 4.69) is 41.2 Å². The Morgan fingerprint density at radius 2 is 0.970 bits per heavy atom. The van der Waals surface area contributed by atoms with E-state index >= 15 is 0 Å². The molecule has 2 heterocycles. The van der Waals surface area contributed by atoms with Crippen LogP contribution in [-0.4, -0.2) is 15.5 Å². The quantitative estimate of drug-likeness (QED) is 0.206. The molecule has 0 fully saturated rings. The van der Waals surface area contributed by atoms with Crippen molar-refractivity contribution in [3.05, 3.63) is 60.2 Å². The predicted molar refractivity (Wildman–Crippen MR) is 142 cm³/mol. The summed E-state index contributed by atoms with van der Waals surface area (Å²) in [6.07, 6.45) is 27.2. The van der Waals surface area contributed by atoms with Crippen LogP contribution in [0.15, 0.2) is 48.8 Å². The number of pyridine rings is 2. The number of aromatic nitrogens is 2. The molecule has 2 aromatic heterocycles. The monoisotopic (exact) mass is 451 g/mol. The second kappa shape index (κ2) is 17.7. The van der Waals surface area contributed by atoms with Crippen molar-refractivity contribution in [1.29, 1.82) is 0 Å². The fourth-order valence-corrected chi connectivity index (χ4v) is 4.81. The van der Waals surface area contributed by atoms with Crippen molar-refractivity contribution in [2.75, 3.05) is 0 Å². The van der Waals surface area contributed by atoms with Crippen LogP contribution in [0.2, 0.25) is 0 Å². The maximum Gasteiger partial charge on any atom is 0.0422 e. The Morgan fingerprint density at radius 1 is 0.576 bits per heavy atom. The number of unbranched alkanes of at least 4 members (excludes halogenated alkanes) is 14. The van der Waals surface area contributed by atoms with Gasteiger partial charge >= 0.3 is 0 Å². The third-order valence-corrected chi connectivity index (χ3v) is 6.80. The molecule has 3 heteroatoms. The molecule has 0 saturated carbocycles. The molecule has 0 aromatic carbocycles. The average Bonchev–Trinajstić information content (AvgIpc) is 2.83. The molecule has 0 spiro atoms. The van der Waals surface area contributed by atoms with E-state index in [0.29, 0.717) is 0 Å². The summed E-state index contributed by atoms with van der Waals surface area (Å²) in [6.45, 7) is 2.29. The number of rotatable bonds is 20. The van der Waals surface area contributed by atoms with Crippen LogP contribution in [0.1, 0.15) is 121 Å². The van der Waals surface area contributed by atoms with Gasteiger partial charge in [0, 0.05) is 42.2 Å². The van der Waals surface area contributed by atoms with Crippen LogP contribution in [0.5, 0.6) is 0 Å². The Bertz CT molecular complexity index is 645. The first-order valence-electron chi connectivity index (χ1n) is 13.8. The number of hydrogen-bond donors (Lipinski definition) is 1. The molecule has 184 valence electrons. The summed E-state index contributed by atoms with van der Waals surface area (Å²) >= 11 is 0. The molecule has 0 aliphatic heterocycles. The van der Waals surface area contributed by atoms with Gasteiger partial charge in [-0.25, -0.2) is 0 Å². The lowest BCUT2D eigenvalue weighted by Gasteiger charge is -2.29. The maximum absolute atomic E-state index is 6.94. The second-order valence-corrected chi connectivity index (χ2v) is 10.1. The van der Waals surface area contributed by atoms with Crippen LogP contribution in [0, 0.1) is 0 Å². The van der Waals surface area contributed by atoms with Gasteiger partial charge in [-0.05, 0) is 30.7 Å². The van der Waals surface area contributed by atoms with E-state index in [9.17, 15) is 0 Å². The summed E-state index contributed by atoms with van der Waals surface area (Å²) < 4.78 is 0. The van der Waals surface area contributed by atoms with Crippen molar-refractivity contribution in [2.45, 2.75) is 128 Å². The zero-order chi connectivity index (χ0) is 23.5. The first-order chi connectivity index (χ1) is 16.2. The van der Waals surface area contributed by atoms with Gasteiger partial charge in [-0.1, -0.05) is 115 Å². The maximum atomic E-state index is 6.94. The van der Waals surface area contributed by atoms with Crippen LogP contribution in [0.25, 0.3) is 0 Å². The molecule has 0 radical (unpaired) electrons. The smallest absolute Gasteiger partial charge is 0.0422 e. The molecule has 0 amide bonds. The van der Waals surface area contributed by atoms with Crippen molar-refractivity contribution in [3.63, 3.8) is 0 Å². The lowest BCUT2D eigenvalue weighted by molar-refractivity contribution is 0.361. The highest BCUT2D eigenvalue weighted by Crippen LogP contribution is 2.22. The van der Waals surface area contributed by atoms with Gasteiger partial charge in [0.05, 0.1) is 0 Å². The van der Waals surface area contributed by atoms with Crippen LogP contribution < -0.4 is 5.73 Å². The van der Waals surface area contributed by atoms with Gasteiger partial charge in [0.25, 0.3) is 0 Å². The summed E-state index contributed by atoms with van der Waals surface area (Å²) in [6, 6.07) is 12.2. The van der Waals surface area contributed by atoms with Gasteiger partial charge in [0.1, 0.15) is 0 Å². The zero-order valence-corrected chi connectivity index (χ0v) is 21.3. The fourth-order valence-electron chi connectivity index (χ4n) is 4.81. The topological polar surface area (TPSA) is 51.8 Å². The first-order valence-corrected chi connectivity index (χ1v) is 13.8. The van der Waals surface area contributed by atoms with Gasteiger partial charge < -0.3 is 5.73 Å². The third kappa shape index (κ3) is 13.5. The van der Waals surface area contributed by atoms with E-state index in [1.807, 2.05) is 24.5 Å². The SMILES string of the molecule is CCCCCCCCCCCCCCCCCC(N)(Cc1ccccn1)Cc1ccccn1. The Hall–Kier alpha value is -1.74. The van der Waals surface area contributed by atoms with Crippen molar-refractivity contribution in [2.24, 2.45) is 5.73 Å². The summed E-state index contributed by atoms with van der Waals surface area (Å²) in [5.41, 5.74) is 8.82. The van der Waals surface area contributed by atoms with Gasteiger partial charge in [-0.3, -0.25) is 9.97 Å². The van der Waals surface area contributed by atoms with Gasteiger partial charge in [-0.2, -0.15) is 0 Å². The summed E-state index contributed by atoms with van der Waals surface area (Å²) in [5, 5.41) is 0. The fraction of sp³-hybridized carbons (Fsp3) is 0.667. The lowest BCUT2D eigenvalue weighted by atomic mass is 9.83. The molecule has 2 N–H and O–H groups in total. The highest BCUT2D eigenvalue weighted by molar-refractivity contribution is 5.13. The van der Waals surface area contributed by atoms with E-state index in [-0.39, 0.29) is 5.54 Å². The molecule has 0 atom stereocenters. The normalized spacial score (nSPS) is 11.7. The Labute approximate surface area is 204 Å². The van der Waals surface area contributed by atoms with Crippen molar-refractivity contribution < 1.29 is 0 Å². The summed E-state index contributed by atoms with van der Waals surface area (Å²) in [4.78, 5) is 9.05. The van der Waals surface area contributed by atoms with Crippen LogP contribution >= 0.6 is 0 Å². The minimum Gasteiger partial charge on any atom is -0.324 e. The predicted octanol–water partition coefficient (Wildman–Crippen LogP) is 8.22. The van der Waals surface area contributed by atoms with E-state index in [1.54, 1.807) is 0 Å². The minimum absolute atomic E-state index is 0.279. The van der Waals surface area contributed by atoms with Crippen molar-refractivity contribution in [3.8, 4) is 0 Å². The highest BCUT2D eigenvalue weighted by atomic mass is 14.8. The Kier molecular flexibility index (Phi) is 14.8. The van der Waals surface area contributed by atoms with Gasteiger partial charge in [0.15, 0.2) is 0 Å². The van der Waals surface area contributed by atoms with Crippen molar-refractivity contribution >= 4 is 0 Å². The summed E-state index contributed by atoms with van der Waals surface area (Å²) in [7, 11) is 0. The Morgan fingerprint density at radius 3 is 1.33 bits per heavy atom. The number of hydrogen-bond acceptors (Lipinski definition) is 3. The molecule has 0 bridgehead atoms. The molecule has 2 aromatic rings. The van der Waals surface area contributed by atoms with E-state index in [0.717, 1.165) is 30.7 Å². The largest absolute Gasteiger partial charge is 0.324 e. The van der Waals surface area contributed by atoms with Crippen LogP contribution in [0.3, 0.4) is 0 Å². The van der Waals surface area contributed by atoms with Crippen LogP contribution in [0.4, 0.5) is 0 Å². The first kappa shape index (κ1) is 27.5. The molecule has 0 saturated heterocycles. The molecule has 0 unspecified atom stereocenters. The Balaban J connectivity index is 1.56. The van der Waals surface area contributed by atoms with Crippen molar-refractivity contribution in [1.82, 2.24) is 9.97 Å². The van der Waals surface area contributed by atoms with E-state index in [1.165, 1.54) is 96.3 Å². The molecule has 2 rings (SSSR count). The molecular weight excluding hydrogens is 402 g/mol. The van der Waals surface area contributed by atoms with Gasteiger partial charge in [0.2, 0.25) is 0 Å². The molecule has 33 heavy (non-hydrogen) atoms. The molecular formula is C30H49N3. The number of nitrogens with zero attached hydrogens (tertiary/aromatic N) is 2.